The zero-order chi connectivity index (χ0) is 24.5. The number of hydrogen-bond acceptors (Lipinski definition) is 5. The van der Waals surface area contributed by atoms with E-state index in [2.05, 4.69) is 10.6 Å². The van der Waals surface area contributed by atoms with E-state index in [0.29, 0.717) is 46.5 Å². The second kappa shape index (κ2) is 12.0. The highest BCUT2D eigenvalue weighted by Gasteiger charge is 2.10. The first-order chi connectivity index (χ1) is 16.4. The van der Waals surface area contributed by atoms with E-state index in [1.807, 2.05) is 25.1 Å². The van der Waals surface area contributed by atoms with E-state index in [0.717, 1.165) is 11.1 Å². The van der Waals surface area contributed by atoms with Crippen molar-refractivity contribution in [3.05, 3.63) is 82.4 Å². The zero-order valence-corrected chi connectivity index (χ0v) is 20.1. The van der Waals surface area contributed by atoms with Crippen molar-refractivity contribution in [2.75, 3.05) is 32.7 Å². The maximum absolute atomic E-state index is 12.5. The molecule has 0 aliphatic carbocycles. The lowest BCUT2D eigenvalue weighted by Gasteiger charge is -2.11. The van der Waals surface area contributed by atoms with Crippen molar-refractivity contribution in [3.63, 3.8) is 0 Å². The third kappa shape index (κ3) is 6.65. The van der Waals surface area contributed by atoms with Crippen molar-refractivity contribution in [2.24, 2.45) is 0 Å². The van der Waals surface area contributed by atoms with Crippen LogP contribution in [0.5, 0.6) is 17.2 Å². The SMILES string of the molecule is COc1ccc(CCNC(=O)COc2ccc(C(=O)Nc3cccc(Cl)c3C)cc2)cc1OC. The number of carbonyl (C=O) groups excluding carboxylic acids is 2. The Morgan fingerprint density at radius 1 is 0.941 bits per heavy atom. The third-order valence-corrected chi connectivity index (χ3v) is 5.60. The van der Waals surface area contributed by atoms with Gasteiger partial charge in [-0.2, -0.15) is 0 Å². The summed E-state index contributed by atoms with van der Waals surface area (Å²) in [4.78, 5) is 24.6. The van der Waals surface area contributed by atoms with E-state index in [9.17, 15) is 9.59 Å². The molecule has 0 radical (unpaired) electrons. The fourth-order valence-electron chi connectivity index (χ4n) is 3.22. The first kappa shape index (κ1) is 24.9. The molecule has 0 spiro atoms. The Hall–Kier alpha value is -3.71. The van der Waals surface area contributed by atoms with Gasteiger partial charge in [0.2, 0.25) is 0 Å². The topological polar surface area (TPSA) is 85.9 Å². The van der Waals surface area contributed by atoms with Gasteiger partial charge in [-0.15, -0.1) is 0 Å². The van der Waals surface area contributed by atoms with Crippen LogP contribution in [0, 0.1) is 6.92 Å². The molecular formula is C26H27ClN2O5. The number of nitrogens with one attached hydrogen (secondary N) is 2. The summed E-state index contributed by atoms with van der Waals surface area (Å²) >= 11 is 6.10. The molecule has 0 aliphatic rings. The highest BCUT2D eigenvalue weighted by atomic mass is 35.5. The monoisotopic (exact) mass is 482 g/mol. The van der Waals surface area contributed by atoms with Gasteiger partial charge >= 0.3 is 0 Å². The lowest BCUT2D eigenvalue weighted by molar-refractivity contribution is -0.123. The Morgan fingerprint density at radius 2 is 1.68 bits per heavy atom. The number of rotatable bonds is 10. The molecule has 0 heterocycles. The van der Waals surface area contributed by atoms with Gasteiger partial charge in [0.1, 0.15) is 5.75 Å². The number of methoxy groups -OCH3 is 2. The van der Waals surface area contributed by atoms with Crippen molar-refractivity contribution in [3.8, 4) is 17.2 Å². The number of hydrogen-bond donors (Lipinski definition) is 2. The maximum Gasteiger partial charge on any atom is 0.257 e. The van der Waals surface area contributed by atoms with Gasteiger partial charge in [0.05, 0.1) is 14.2 Å². The Kier molecular flexibility index (Phi) is 8.76. The molecule has 0 saturated heterocycles. The molecule has 0 saturated carbocycles. The van der Waals surface area contributed by atoms with Gasteiger partial charge in [-0.05, 0) is 73.0 Å². The molecule has 8 heteroatoms. The van der Waals surface area contributed by atoms with Gasteiger partial charge in [0, 0.05) is 22.8 Å². The molecule has 3 aromatic rings. The van der Waals surface area contributed by atoms with Crippen LogP contribution in [0.2, 0.25) is 5.02 Å². The number of carbonyl (C=O) groups is 2. The predicted octanol–water partition coefficient (Wildman–Crippen LogP) is 4.66. The van der Waals surface area contributed by atoms with Crippen molar-refractivity contribution in [1.29, 1.82) is 0 Å². The summed E-state index contributed by atoms with van der Waals surface area (Å²) in [6.45, 7) is 2.17. The molecule has 3 rings (SSSR count). The fourth-order valence-corrected chi connectivity index (χ4v) is 3.40. The van der Waals surface area contributed by atoms with E-state index in [1.165, 1.54) is 0 Å². The van der Waals surface area contributed by atoms with Crippen molar-refractivity contribution in [2.45, 2.75) is 13.3 Å². The van der Waals surface area contributed by atoms with Crippen LogP contribution in [0.25, 0.3) is 0 Å². The minimum absolute atomic E-state index is 0.126. The van der Waals surface area contributed by atoms with E-state index in [1.54, 1.807) is 56.7 Å². The Morgan fingerprint density at radius 3 is 2.38 bits per heavy atom. The first-order valence-corrected chi connectivity index (χ1v) is 11.1. The normalized spacial score (nSPS) is 10.4. The first-order valence-electron chi connectivity index (χ1n) is 10.7. The minimum Gasteiger partial charge on any atom is -0.493 e. The summed E-state index contributed by atoms with van der Waals surface area (Å²) in [5.74, 6) is 1.30. The zero-order valence-electron chi connectivity index (χ0n) is 19.3. The van der Waals surface area contributed by atoms with E-state index in [4.69, 9.17) is 25.8 Å². The third-order valence-electron chi connectivity index (χ3n) is 5.19. The van der Waals surface area contributed by atoms with Crippen molar-refractivity contribution in [1.82, 2.24) is 5.32 Å². The number of amides is 2. The quantitative estimate of drug-likeness (QED) is 0.439. The molecule has 0 atom stereocenters. The Bertz CT molecular complexity index is 1150. The van der Waals surface area contributed by atoms with Gasteiger partial charge in [-0.1, -0.05) is 23.7 Å². The summed E-state index contributed by atoms with van der Waals surface area (Å²) in [6.07, 6.45) is 0.641. The molecule has 2 amide bonds. The molecule has 0 aliphatic heterocycles. The van der Waals surface area contributed by atoms with Gasteiger partial charge < -0.3 is 24.8 Å². The number of benzene rings is 3. The second-order valence-corrected chi connectivity index (χ2v) is 7.88. The highest BCUT2D eigenvalue weighted by Crippen LogP contribution is 2.27. The van der Waals surface area contributed by atoms with E-state index >= 15 is 0 Å². The summed E-state index contributed by atoms with van der Waals surface area (Å²) in [7, 11) is 3.17. The summed E-state index contributed by atoms with van der Waals surface area (Å²) < 4.78 is 16.0. The maximum atomic E-state index is 12.5. The van der Waals surface area contributed by atoms with Crippen LogP contribution in [-0.2, 0) is 11.2 Å². The average Bonchev–Trinajstić information content (AvgIpc) is 2.85. The second-order valence-electron chi connectivity index (χ2n) is 7.47. The van der Waals surface area contributed by atoms with Crippen LogP contribution in [-0.4, -0.2) is 39.2 Å². The molecule has 3 aromatic carbocycles. The standard InChI is InChI=1S/C26H27ClN2O5/c1-17-21(27)5-4-6-22(17)29-26(31)19-8-10-20(11-9-19)34-16-25(30)28-14-13-18-7-12-23(32-2)24(15-18)33-3/h4-12,15H,13-14,16H2,1-3H3,(H,28,30)(H,29,31). The largest absolute Gasteiger partial charge is 0.493 e. The number of halogens is 1. The molecule has 0 unspecified atom stereocenters. The summed E-state index contributed by atoms with van der Waals surface area (Å²) in [5, 5.41) is 6.25. The minimum atomic E-state index is -0.259. The number of anilines is 1. The molecule has 0 fully saturated rings. The molecule has 0 bridgehead atoms. The Balaban J connectivity index is 1.44. The van der Waals surface area contributed by atoms with Gasteiger partial charge in [-0.3, -0.25) is 9.59 Å². The van der Waals surface area contributed by atoms with E-state index < -0.39 is 0 Å². The fraction of sp³-hybridized carbons (Fsp3) is 0.231. The predicted molar refractivity (Wildman–Crippen MR) is 132 cm³/mol. The Labute approximate surface area is 204 Å². The number of ether oxygens (including phenoxy) is 3. The van der Waals surface area contributed by atoms with Crippen molar-refractivity contribution < 1.29 is 23.8 Å². The molecule has 0 aromatic heterocycles. The molecular weight excluding hydrogens is 456 g/mol. The summed E-state index contributed by atoms with van der Waals surface area (Å²) in [6, 6.07) is 17.6. The van der Waals surface area contributed by atoms with Crippen LogP contribution < -0.4 is 24.8 Å². The molecule has 2 N–H and O–H groups in total. The average molecular weight is 483 g/mol. The van der Waals surface area contributed by atoms with Crippen LogP contribution in [0.1, 0.15) is 21.5 Å². The van der Waals surface area contributed by atoms with Crippen LogP contribution in [0.3, 0.4) is 0 Å². The molecule has 178 valence electrons. The summed E-state index contributed by atoms with van der Waals surface area (Å²) in [5.41, 5.74) is 2.93. The van der Waals surface area contributed by atoms with Crippen LogP contribution in [0.15, 0.2) is 60.7 Å². The van der Waals surface area contributed by atoms with Crippen LogP contribution >= 0.6 is 11.6 Å². The lowest BCUT2D eigenvalue weighted by Crippen LogP contribution is -2.30. The van der Waals surface area contributed by atoms with Gasteiger partial charge in [-0.25, -0.2) is 0 Å². The lowest BCUT2D eigenvalue weighted by atomic mass is 10.1. The van der Waals surface area contributed by atoms with Gasteiger partial charge in [0.15, 0.2) is 18.1 Å². The smallest absolute Gasteiger partial charge is 0.257 e. The highest BCUT2D eigenvalue weighted by molar-refractivity contribution is 6.31. The van der Waals surface area contributed by atoms with Crippen LogP contribution in [0.4, 0.5) is 5.69 Å². The molecule has 7 nitrogen and oxygen atoms in total. The van der Waals surface area contributed by atoms with Gasteiger partial charge in [0.25, 0.3) is 11.8 Å². The van der Waals surface area contributed by atoms with Crippen molar-refractivity contribution >= 4 is 29.1 Å². The molecule has 34 heavy (non-hydrogen) atoms. The van der Waals surface area contributed by atoms with E-state index in [-0.39, 0.29) is 18.4 Å².